The summed E-state index contributed by atoms with van der Waals surface area (Å²) in [6.45, 7) is 15.4. The van der Waals surface area contributed by atoms with E-state index in [9.17, 15) is 29.4 Å². The van der Waals surface area contributed by atoms with Gasteiger partial charge in [-0.15, -0.1) is 32.9 Å². The Morgan fingerprint density at radius 3 is 2.21 bits per heavy atom. The molecule has 17 heteroatoms. The van der Waals surface area contributed by atoms with Crippen molar-refractivity contribution >= 4 is 52.1 Å². The van der Waals surface area contributed by atoms with Crippen molar-refractivity contribution in [1.82, 2.24) is 40.3 Å². The molecule has 1 saturated heterocycles. The Bertz CT molecular complexity index is 2860. The van der Waals surface area contributed by atoms with E-state index >= 15 is 0 Å². The van der Waals surface area contributed by atoms with Gasteiger partial charge in [-0.1, -0.05) is 75.4 Å². The second-order valence-corrected chi connectivity index (χ2v) is 20.6. The van der Waals surface area contributed by atoms with E-state index in [0.717, 1.165) is 59.4 Å². The van der Waals surface area contributed by atoms with Crippen LogP contribution in [0.5, 0.6) is 0 Å². The van der Waals surface area contributed by atoms with Crippen molar-refractivity contribution in [3.8, 4) is 26.6 Å². The summed E-state index contributed by atoms with van der Waals surface area (Å²) in [5, 5.41) is 36.1. The molecule has 4 N–H and O–H groups in total. The molecule has 2 aromatic carbocycles. The number of β-amino-alcohol motifs (C(OH)–C–C–N with tert-alkyl or cyclic N) is 1. The number of nitrogens with one attached hydrogen (secondary N) is 2. The first kappa shape index (κ1) is 47.1. The molecule has 0 bridgehead atoms. The largest absolute Gasteiger partial charge is 0.481 e. The van der Waals surface area contributed by atoms with Crippen LogP contribution in [-0.4, -0.2) is 94.0 Å². The number of benzene rings is 2. The number of fused-ring (bicyclic) bond motifs is 3. The molecular weight excluding hydrogens is 887 g/mol. The Hall–Kier alpha value is -6.43. The Balaban J connectivity index is 0.902. The number of thiophene rings is 1. The fraction of sp³-hybridized carbons (Fsp3) is 0.380. The standard InChI is InChI=1S/C50H55N9O6S2/c1-26-29(4)67-49-42(26)43(54-38(22-41(62)63)46-57-56-30(5)59(46)49)33-13-11-32(12-14-33)35-17-18-36(51-23-35)19-20-40(61)55-45(50(6,7)8)48(65)58-24-37(60)21-39(58)47(64)53-27(2)31-9-15-34(16-10-31)44-28(3)52-25-66-44/h9-18,23,25,27,37-39,45,60H,19-22,24H2,1-8H3,(H,53,64)(H,55,61)(H,62,63)/t27-,37+,38-,39-,45+/m0/s1. The Morgan fingerprint density at radius 1 is 0.881 bits per heavy atom. The third kappa shape index (κ3) is 9.85. The molecule has 4 aromatic heterocycles. The van der Waals surface area contributed by atoms with E-state index in [1.54, 1.807) is 28.9 Å². The molecule has 348 valence electrons. The van der Waals surface area contributed by atoms with Crippen LogP contribution in [0.3, 0.4) is 0 Å². The highest BCUT2D eigenvalue weighted by molar-refractivity contribution is 7.15. The lowest BCUT2D eigenvalue weighted by atomic mass is 9.85. The highest BCUT2D eigenvalue weighted by atomic mass is 32.1. The fourth-order valence-corrected chi connectivity index (χ4v) is 10.8. The summed E-state index contributed by atoms with van der Waals surface area (Å²) in [7, 11) is 0. The van der Waals surface area contributed by atoms with Gasteiger partial charge in [0.05, 0.1) is 40.4 Å². The van der Waals surface area contributed by atoms with E-state index in [4.69, 9.17) is 4.99 Å². The smallest absolute Gasteiger partial charge is 0.306 e. The number of carboxylic acid groups (broad SMARTS) is 1. The van der Waals surface area contributed by atoms with Crippen LogP contribution < -0.4 is 10.6 Å². The van der Waals surface area contributed by atoms with Gasteiger partial charge in [-0.05, 0) is 74.8 Å². The van der Waals surface area contributed by atoms with Gasteiger partial charge in [-0.2, -0.15) is 0 Å². The third-order valence-electron chi connectivity index (χ3n) is 12.6. The van der Waals surface area contributed by atoms with Crippen molar-refractivity contribution in [3.05, 3.63) is 123 Å². The summed E-state index contributed by atoms with van der Waals surface area (Å²) < 4.78 is 1.93. The minimum absolute atomic E-state index is 0.0170. The monoisotopic (exact) mass is 941 g/mol. The topological polar surface area (TPSA) is 205 Å². The number of thiazole rings is 1. The quantitative estimate of drug-likeness (QED) is 0.0902. The molecule has 2 aliphatic rings. The molecule has 0 aliphatic carbocycles. The van der Waals surface area contributed by atoms with Gasteiger partial charge in [0.15, 0.2) is 5.82 Å². The van der Waals surface area contributed by atoms with Gasteiger partial charge in [0.2, 0.25) is 17.7 Å². The van der Waals surface area contributed by atoms with Gasteiger partial charge >= 0.3 is 5.97 Å². The number of hydrogen-bond acceptors (Lipinski definition) is 12. The maximum atomic E-state index is 14.2. The number of nitrogens with zero attached hydrogens (tertiary/aromatic N) is 7. The van der Waals surface area contributed by atoms with Gasteiger partial charge in [0.1, 0.15) is 29.0 Å². The normalized spacial score (nSPS) is 17.8. The number of aliphatic imine (C=N–C) groups is 1. The summed E-state index contributed by atoms with van der Waals surface area (Å²) in [5.74, 6) is -0.921. The number of hydrogen-bond donors (Lipinski definition) is 4. The molecule has 0 unspecified atom stereocenters. The van der Waals surface area contributed by atoms with Crippen molar-refractivity contribution in [2.24, 2.45) is 10.4 Å². The van der Waals surface area contributed by atoms with E-state index in [0.29, 0.717) is 29.5 Å². The zero-order valence-electron chi connectivity index (χ0n) is 38.8. The molecule has 0 spiro atoms. The highest BCUT2D eigenvalue weighted by Crippen LogP contribution is 2.40. The number of aryl methyl sites for hydroxylation is 4. The lowest BCUT2D eigenvalue weighted by molar-refractivity contribution is -0.144. The van der Waals surface area contributed by atoms with Gasteiger partial charge in [0, 0.05) is 52.8 Å². The summed E-state index contributed by atoms with van der Waals surface area (Å²) >= 11 is 3.19. The predicted octanol–water partition coefficient (Wildman–Crippen LogP) is 7.42. The lowest BCUT2D eigenvalue weighted by Gasteiger charge is -2.35. The summed E-state index contributed by atoms with van der Waals surface area (Å²) in [4.78, 5) is 71.1. The molecular formula is C50H55N9O6S2. The van der Waals surface area contributed by atoms with Crippen LogP contribution in [0.1, 0.15) is 109 Å². The maximum Gasteiger partial charge on any atom is 0.306 e. The summed E-state index contributed by atoms with van der Waals surface area (Å²) in [6.07, 6.45) is 1.16. The van der Waals surface area contributed by atoms with Crippen LogP contribution in [0.15, 0.2) is 77.4 Å². The third-order valence-corrected chi connectivity index (χ3v) is 14.8. The molecule has 2 aliphatic heterocycles. The van der Waals surface area contributed by atoms with Crippen LogP contribution >= 0.6 is 22.7 Å². The van der Waals surface area contributed by atoms with E-state index in [2.05, 4.69) is 44.6 Å². The SMILES string of the molecule is Cc1ncsc1-c1ccc([C@H](C)NC(=O)[C@@H]2C[C@@H](O)CN2C(=O)[C@@H](NC(=O)CCc2ccc(-c3ccc(C4=N[C@@H](CC(=O)O)c5nnc(C)n5-c5sc(C)c(C)c54)cc3)cn2)C(C)(C)C)cc1. The fourth-order valence-electron chi connectivity index (χ4n) is 8.74. The van der Waals surface area contributed by atoms with Gasteiger partial charge in [-0.25, -0.2) is 4.98 Å². The van der Waals surface area contributed by atoms with Gasteiger partial charge in [-0.3, -0.25) is 33.7 Å². The summed E-state index contributed by atoms with van der Waals surface area (Å²) in [5.41, 5.74) is 10.1. The first-order chi connectivity index (χ1) is 31.9. The van der Waals surface area contributed by atoms with Crippen molar-refractivity contribution in [3.63, 3.8) is 0 Å². The number of likely N-dealkylation sites (tertiary alicyclic amines) is 1. The highest BCUT2D eigenvalue weighted by Gasteiger charge is 2.45. The van der Waals surface area contributed by atoms with E-state index in [1.807, 2.05) is 112 Å². The number of pyridine rings is 1. The number of aliphatic carboxylic acids is 1. The number of aromatic nitrogens is 5. The predicted molar refractivity (Wildman–Crippen MR) is 258 cm³/mol. The molecule has 8 rings (SSSR count). The van der Waals surface area contributed by atoms with Crippen LogP contribution in [0.25, 0.3) is 26.6 Å². The van der Waals surface area contributed by atoms with Crippen molar-refractivity contribution in [2.45, 2.75) is 111 Å². The van der Waals surface area contributed by atoms with Crippen molar-refractivity contribution in [2.75, 3.05) is 6.54 Å². The summed E-state index contributed by atoms with van der Waals surface area (Å²) in [6, 6.07) is 16.8. The minimum atomic E-state index is -0.975. The molecule has 0 saturated carbocycles. The number of rotatable bonds is 13. The number of aliphatic hydroxyl groups excluding tert-OH is 1. The zero-order valence-corrected chi connectivity index (χ0v) is 40.5. The first-order valence-electron chi connectivity index (χ1n) is 22.3. The molecule has 67 heavy (non-hydrogen) atoms. The molecule has 6 aromatic rings. The Labute approximate surface area is 397 Å². The van der Waals surface area contributed by atoms with E-state index < -0.39 is 41.5 Å². The molecule has 6 heterocycles. The molecule has 3 amide bonds. The number of aliphatic hydroxyl groups is 1. The second-order valence-electron chi connectivity index (χ2n) is 18.5. The van der Waals surface area contributed by atoms with Crippen molar-refractivity contribution in [1.29, 1.82) is 0 Å². The zero-order chi connectivity index (χ0) is 47.9. The average Bonchev–Trinajstić information content (AvgIpc) is 4.06. The van der Waals surface area contributed by atoms with Crippen LogP contribution in [-0.2, 0) is 25.6 Å². The molecule has 1 fully saturated rings. The maximum absolute atomic E-state index is 14.2. The number of carbonyl (C=O) groups is 4. The van der Waals surface area contributed by atoms with Gasteiger partial charge < -0.3 is 25.7 Å². The van der Waals surface area contributed by atoms with Crippen molar-refractivity contribution < 1.29 is 29.4 Å². The minimum Gasteiger partial charge on any atom is -0.481 e. The number of carboxylic acids is 1. The van der Waals surface area contributed by atoms with E-state index in [1.165, 1.54) is 4.90 Å². The van der Waals surface area contributed by atoms with Crippen LogP contribution in [0.2, 0.25) is 0 Å². The first-order valence-corrected chi connectivity index (χ1v) is 24.0. The van der Waals surface area contributed by atoms with Crippen LogP contribution in [0.4, 0.5) is 0 Å². The Kier molecular flexibility index (Phi) is 13.4. The Morgan fingerprint density at radius 2 is 1.57 bits per heavy atom. The molecule has 15 nitrogen and oxygen atoms in total. The van der Waals surface area contributed by atoms with Gasteiger partial charge in [0.25, 0.3) is 0 Å². The molecule has 5 atom stereocenters. The van der Waals surface area contributed by atoms with E-state index in [-0.39, 0.29) is 43.7 Å². The average molecular weight is 942 g/mol. The number of amides is 3. The lowest BCUT2D eigenvalue weighted by Crippen LogP contribution is -2.57. The number of carbonyl (C=O) groups excluding carboxylic acids is 3. The molecule has 0 radical (unpaired) electrons. The van der Waals surface area contributed by atoms with Crippen LogP contribution in [0, 0.1) is 33.1 Å². The second kappa shape index (κ2) is 19.1.